The fourth-order valence-electron chi connectivity index (χ4n) is 1.82. The molecule has 0 radical (unpaired) electrons. The van der Waals surface area contributed by atoms with Crippen LogP contribution < -0.4 is 5.73 Å². The van der Waals surface area contributed by atoms with Crippen LogP contribution in [0.2, 0.25) is 0 Å². The Morgan fingerprint density at radius 1 is 1.39 bits per heavy atom. The quantitative estimate of drug-likeness (QED) is 0.504. The van der Waals surface area contributed by atoms with Crippen molar-refractivity contribution in [1.82, 2.24) is 0 Å². The van der Waals surface area contributed by atoms with Gasteiger partial charge >= 0.3 is 0 Å². The lowest BCUT2D eigenvalue weighted by Gasteiger charge is -2.10. The number of fused-ring (bicyclic) bond motifs is 1. The molecule has 0 aliphatic rings. The number of aliphatic imine (C=N–C) groups is 1. The smallest absolute Gasteiger partial charge is 0.137 e. The van der Waals surface area contributed by atoms with Gasteiger partial charge in [-0.1, -0.05) is 42.6 Å². The van der Waals surface area contributed by atoms with Gasteiger partial charge < -0.3 is 10.8 Å². The number of hydrogen-bond acceptors (Lipinski definition) is 3. The number of aryl methyl sites for hydroxylation is 1. The molecular formula is C14H14N2OS. The Morgan fingerprint density at radius 3 is 2.72 bits per heavy atom. The number of nitrogens with two attached hydrogens (primary N) is 1. The Bertz CT molecular complexity index is 635. The van der Waals surface area contributed by atoms with Crippen molar-refractivity contribution in [3.8, 4) is 5.75 Å². The number of rotatable bonds is 3. The van der Waals surface area contributed by atoms with Crippen molar-refractivity contribution in [2.75, 3.05) is 0 Å². The lowest BCUT2D eigenvalue weighted by atomic mass is 10.0. The van der Waals surface area contributed by atoms with Crippen LogP contribution in [-0.2, 0) is 0 Å². The zero-order valence-electron chi connectivity index (χ0n) is 10.1. The fraction of sp³-hybridized carbons (Fsp3) is 0.0714. The molecule has 0 amide bonds. The molecule has 0 heterocycles. The van der Waals surface area contributed by atoms with E-state index < -0.39 is 0 Å². The monoisotopic (exact) mass is 258 g/mol. The summed E-state index contributed by atoms with van der Waals surface area (Å²) in [6.07, 6.45) is 1.19. The number of phenols is 1. The summed E-state index contributed by atoms with van der Waals surface area (Å²) in [7, 11) is 0. The number of thioether (sulfide) groups is 1. The Labute approximate surface area is 110 Å². The van der Waals surface area contributed by atoms with Gasteiger partial charge in [0.2, 0.25) is 0 Å². The molecule has 2 aromatic rings. The molecule has 0 spiro atoms. The second-order valence-electron chi connectivity index (χ2n) is 3.86. The molecule has 0 bridgehead atoms. The SMILES string of the molecule is C=C(/N=C\N)Sc1cc(C)c2ccccc2c1O. The highest BCUT2D eigenvalue weighted by Gasteiger charge is 2.10. The number of nitrogens with zero attached hydrogens (tertiary/aromatic N) is 1. The minimum Gasteiger partial charge on any atom is -0.506 e. The summed E-state index contributed by atoms with van der Waals surface area (Å²) in [5.74, 6) is 0.259. The molecule has 18 heavy (non-hydrogen) atoms. The summed E-state index contributed by atoms with van der Waals surface area (Å²) in [5, 5.41) is 12.7. The summed E-state index contributed by atoms with van der Waals surface area (Å²) in [6.45, 7) is 5.78. The molecule has 4 heteroatoms. The summed E-state index contributed by atoms with van der Waals surface area (Å²) in [6, 6.07) is 9.68. The van der Waals surface area contributed by atoms with Gasteiger partial charge in [-0.05, 0) is 23.9 Å². The first-order chi connectivity index (χ1) is 8.63. The van der Waals surface area contributed by atoms with E-state index in [1.165, 1.54) is 18.1 Å². The predicted molar refractivity (Wildman–Crippen MR) is 78.0 cm³/mol. The van der Waals surface area contributed by atoms with Gasteiger partial charge in [0, 0.05) is 5.39 Å². The van der Waals surface area contributed by atoms with Crippen LogP contribution in [0.4, 0.5) is 0 Å². The van der Waals surface area contributed by atoms with Gasteiger partial charge in [-0.25, -0.2) is 4.99 Å². The molecule has 2 rings (SSSR count). The molecule has 92 valence electrons. The van der Waals surface area contributed by atoms with Gasteiger partial charge in [0.25, 0.3) is 0 Å². The van der Waals surface area contributed by atoms with Gasteiger partial charge in [-0.15, -0.1) is 0 Å². The standard InChI is InChI=1S/C14H14N2OS/c1-9-7-13(18-10(2)16-8-15)14(17)12-6-4-3-5-11(9)12/h3-8,17H,2H2,1H3,(H2,15,16). The fourth-order valence-corrected chi connectivity index (χ4v) is 2.63. The summed E-state index contributed by atoms with van der Waals surface area (Å²) < 4.78 is 0. The lowest BCUT2D eigenvalue weighted by Crippen LogP contribution is -1.88. The maximum absolute atomic E-state index is 10.2. The highest BCUT2D eigenvalue weighted by molar-refractivity contribution is 8.03. The van der Waals surface area contributed by atoms with E-state index in [9.17, 15) is 5.11 Å². The minimum absolute atomic E-state index is 0.259. The average molecular weight is 258 g/mol. The van der Waals surface area contributed by atoms with Crippen molar-refractivity contribution in [2.45, 2.75) is 11.8 Å². The van der Waals surface area contributed by atoms with E-state index in [1.54, 1.807) is 0 Å². The van der Waals surface area contributed by atoms with Crippen LogP contribution in [0.1, 0.15) is 5.56 Å². The maximum Gasteiger partial charge on any atom is 0.137 e. The lowest BCUT2D eigenvalue weighted by molar-refractivity contribution is 0.469. The molecule has 3 N–H and O–H groups in total. The average Bonchev–Trinajstić information content (AvgIpc) is 2.36. The first-order valence-electron chi connectivity index (χ1n) is 5.46. The Balaban J connectivity index is 2.53. The number of benzene rings is 2. The summed E-state index contributed by atoms with van der Waals surface area (Å²) in [5.41, 5.74) is 6.32. The van der Waals surface area contributed by atoms with Gasteiger partial charge in [-0.3, -0.25) is 0 Å². The third kappa shape index (κ3) is 2.33. The van der Waals surface area contributed by atoms with Crippen LogP contribution in [0.3, 0.4) is 0 Å². The second kappa shape index (κ2) is 5.14. The van der Waals surface area contributed by atoms with E-state index >= 15 is 0 Å². The van der Waals surface area contributed by atoms with E-state index in [2.05, 4.69) is 11.6 Å². The second-order valence-corrected chi connectivity index (χ2v) is 4.97. The minimum atomic E-state index is 0.259. The maximum atomic E-state index is 10.2. The van der Waals surface area contributed by atoms with E-state index in [0.717, 1.165) is 21.2 Å². The molecule has 0 aromatic heterocycles. The van der Waals surface area contributed by atoms with Gasteiger partial charge in [-0.2, -0.15) is 0 Å². The van der Waals surface area contributed by atoms with Crippen molar-refractivity contribution in [1.29, 1.82) is 0 Å². The van der Waals surface area contributed by atoms with E-state index in [0.29, 0.717) is 5.03 Å². The van der Waals surface area contributed by atoms with Crippen LogP contribution in [0.25, 0.3) is 10.8 Å². The molecule has 0 fully saturated rings. The van der Waals surface area contributed by atoms with Crippen LogP contribution in [-0.4, -0.2) is 11.4 Å². The number of phenolic OH excluding ortho intramolecular Hbond substituents is 1. The van der Waals surface area contributed by atoms with Crippen molar-refractivity contribution in [3.05, 3.63) is 47.5 Å². The molecule has 0 saturated heterocycles. The third-order valence-electron chi connectivity index (χ3n) is 2.63. The largest absolute Gasteiger partial charge is 0.506 e. The summed E-state index contributed by atoms with van der Waals surface area (Å²) in [4.78, 5) is 4.62. The van der Waals surface area contributed by atoms with E-state index in [4.69, 9.17) is 5.73 Å². The van der Waals surface area contributed by atoms with Crippen LogP contribution in [0, 0.1) is 6.92 Å². The zero-order valence-corrected chi connectivity index (χ0v) is 10.9. The van der Waals surface area contributed by atoms with Crippen LogP contribution >= 0.6 is 11.8 Å². The van der Waals surface area contributed by atoms with Gasteiger partial charge in [0.15, 0.2) is 0 Å². The van der Waals surface area contributed by atoms with E-state index in [1.807, 2.05) is 37.3 Å². The first kappa shape index (κ1) is 12.5. The Hall–Kier alpha value is -1.94. The first-order valence-corrected chi connectivity index (χ1v) is 6.27. The van der Waals surface area contributed by atoms with Crippen LogP contribution in [0.5, 0.6) is 5.75 Å². The van der Waals surface area contributed by atoms with E-state index in [-0.39, 0.29) is 5.75 Å². The third-order valence-corrected chi connectivity index (χ3v) is 3.51. The number of hydrogen-bond donors (Lipinski definition) is 2. The molecule has 0 aliphatic heterocycles. The molecular weight excluding hydrogens is 244 g/mol. The molecule has 0 aliphatic carbocycles. The topological polar surface area (TPSA) is 58.6 Å². The Morgan fingerprint density at radius 2 is 2.06 bits per heavy atom. The number of aromatic hydroxyl groups is 1. The summed E-state index contributed by atoms with van der Waals surface area (Å²) >= 11 is 1.30. The zero-order chi connectivity index (χ0) is 13.1. The Kier molecular flexibility index (Phi) is 3.58. The normalized spacial score (nSPS) is 11.2. The molecule has 2 aromatic carbocycles. The van der Waals surface area contributed by atoms with Crippen molar-refractivity contribution in [2.24, 2.45) is 10.7 Å². The van der Waals surface area contributed by atoms with Gasteiger partial charge in [0.1, 0.15) is 5.75 Å². The predicted octanol–water partition coefficient (Wildman–Crippen LogP) is 3.40. The van der Waals surface area contributed by atoms with Crippen molar-refractivity contribution >= 4 is 28.9 Å². The van der Waals surface area contributed by atoms with Gasteiger partial charge in [0.05, 0.1) is 16.3 Å². The molecule has 3 nitrogen and oxygen atoms in total. The van der Waals surface area contributed by atoms with Crippen molar-refractivity contribution < 1.29 is 5.11 Å². The molecule has 0 unspecified atom stereocenters. The van der Waals surface area contributed by atoms with Crippen LogP contribution in [0.15, 0.2) is 51.8 Å². The molecule has 0 atom stereocenters. The van der Waals surface area contributed by atoms with Crippen molar-refractivity contribution in [3.63, 3.8) is 0 Å². The highest BCUT2D eigenvalue weighted by Crippen LogP contribution is 2.39. The highest BCUT2D eigenvalue weighted by atomic mass is 32.2. The molecule has 0 saturated carbocycles.